The summed E-state index contributed by atoms with van der Waals surface area (Å²) in [6.45, 7) is 1.76. The molecule has 0 amide bonds. The number of halogens is 1. The Morgan fingerprint density at radius 3 is 2.58 bits per heavy atom. The van der Waals surface area contributed by atoms with Crippen LogP contribution in [0.1, 0.15) is 6.92 Å². The fourth-order valence-electron chi connectivity index (χ4n) is 0.829. The van der Waals surface area contributed by atoms with E-state index in [1.165, 1.54) is 0 Å². The summed E-state index contributed by atoms with van der Waals surface area (Å²) in [6, 6.07) is 0. The average molecular weight is 178 g/mol. The van der Waals surface area contributed by atoms with E-state index in [0.717, 1.165) is 0 Å². The lowest BCUT2D eigenvalue weighted by Gasteiger charge is -2.01. The van der Waals surface area contributed by atoms with Gasteiger partial charge in [-0.1, -0.05) is 0 Å². The van der Waals surface area contributed by atoms with Crippen LogP contribution in [0.15, 0.2) is 0 Å². The zero-order valence-corrected chi connectivity index (χ0v) is 6.70. The van der Waals surface area contributed by atoms with Crippen molar-refractivity contribution in [2.75, 3.05) is 13.2 Å². The van der Waals surface area contributed by atoms with E-state index in [1.54, 1.807) is 6.92 Å². The maximum atomic E-state index is 12.3. The van der Waals surface area contributed by atoms with E-state index in [9.17, 15) is 9.18 Å². The van der Waals surface area contributed by atoms with Crippen LogP contribution < -0.4 is 0 Å². The van der Waals surface area contributed by atoms with E-state index >= 15 is 0 Å². The van der Waals surface area contributed by atoms with Crippen molar-refractivity contribution in [3.8, 4) is 0 Å². The van der Waals surface area contributed by atoms with Crippen molar-refractivity contribution in [2.45, 2.75) is 19.2 Å². The van der Waals surface area contributed by atoms with Crippen molar-refractivity contribution >= 4 is 6.16 Å². The van der Waals surface area contributed by atoms with E-state index in [0.29, 0.717) is 0 Å². The summed E-state index contributed by atoms with van der Waals surface area (Å²) in [7, 11) is 0. The van der Waals surface area contributed by atoms with Crippen LogP contribution >= 0.6 is 0 Å². The number of aliphatic hydroxyl groups excluding tert-OH is 1. The van der Waals surface area contributed by atoms with E-state index in [1.807, 2.05) is 0 Å². The van der Waals surface area contributed by atoms with E-state index in [-0.39, 0.29) is 13.2 Å². The highest BCUT2D eigenvalue weighted by Crippen LogP contribution is 2.34. The number of carbonyl (C=O) groups is 1. The Morgan fingerprint density at radius 2 is 2.17 bits per heavy atom. The average Bonchev–Trinajstić information content (AvgIpc) is 2.58. The van der Waals surface area contributed by atoms with Gasteiger partial charge in [-0.15, -0.1) is 0 Å². The van der Waals surface area contributed by atoms with Gasteiger partial charge < -0.3 is 14.6 Å². The molecule has 0 bridgehead atoms. The fraction of sp³-hybridized carbons (Fsp3) is 0.857. The first kappa shape index (κ1) is 9.25. The Hall–Kier alpha value is -0.840. The first-order valence-corrected chi connectivity index (χ1v) is 3.78. The predicted molar refractivity (Wildman–Crippen MR) is 37.4 cm³/mol. The lowest BCUT2D eigenvalue weighted by Crippen LogP contribution is -2.10. The SMILES string of the molecule is CCOC(=O)OCC1C(O)C1F. The maximum Gasteiger partial charge on any atom is 0.508 e. The summed E-state index contributed by atoms with van der Waals surface area (Å²) >= 11 is 0. The maximum absolute atomic E-state index is 12.3. The van der Waals surface area contributed by atoms with E-state index < -0.39 is 24.3 Å². The van der Waals surface area contributed by atoms with E-state index in [2.05, 4.69) is 9.47 Å². The zero-order chi connectivity index (χ0) is 9.14. The molecule has 0 aromatic carbocycles. The molecule has 70 valence electrons. The number of carbonyl (C=O) groups excluding carboxylic acids is 1. The molecule has 0 radical (unpaired) electrons. The number of alkyl halides is 1. The quantitative estimate of drug-likeness (QED) is 0.639. The molecule has 3 atom stereocenters. The van der Waals surface area contributed by atoms with Crippen molar-refractivity contribution in [3.05, 3.63) is 0 Å². The van der Waals surface area contributed by atoms with Gasteiger partial charge in [0.2, 0.25) is 0 Å². The van der Waals surface area contributed by atoms with Crippen LogP contribution in [0.2, 0.25) is 0 Å². The Bertz CT molecular complexity index is 165. The molecule has 0 aromatic heterocycles. The Balaban J connectivity index is 2.07. The smallest absolute Gasteiger partial charge is 0.435 e. The molecule has 1 N–H and O–H groups in total. The molecular weight excluding hydrogens is 167 g/mol. The minimum Gasteiger partial charge on any atom is -0.435 e. The van der Waals surface area contributed by atoms with Crippen LogP contribution in [0.4, 0.5) is 9.18 Å². The van der Waals surface area contributed by atoms with Crippen molar-refractivity contribution < 1.29 is 23.8 Å². The molecule has 0 aromatic rings. The molecule has 0 aliphatic heterocycles. The molecule has 1 fully saturated rings. The van der Waals surface area contributed by atoms with Crippen molar-refractivity contribution in [2.24, 2.45) is 5.92 Å². The van der Waals surface area contributed by atoms with Gasteiger partial charge >= 0.3 is 6.16 Å². The van der Waals surface area contributed by atoms with Crippen LogP contribution in [0.3, 0.4) is 0 Å². The summed E-state index contributed by atoms with van der Waals surface area (Å²) in [6.07, 6.45) is -3.04. The highest BCUT2D eigenvalue weighted by molar-refractivity contribution is 5.59. The third-order valence-electron chi connectivity index (χ3n) is 1.69. The second-order valence-electron chi connectivity index (χ2n) is 2.59. The summed E-state index contributed by atoms with van der Waals surface area (Å²) in [5.41, 5.74) is 0. The second-order valence-corrected chi connectivity index (χ2v) is 2.59. The molecule has 1 aliphatic rings. The fourth-order valence-corrected chi connectivity index (χ4v) is 0.829. The molecule has 1 saturated carbocycles. The number of rotatable bonds is 3. The number of hydrogen-bond acceptors (Lipinski definition) is 4. The summed E-state index contributed by atoms with van der Waals surface area (Å²) in [4.78, 5) is 10.5. The zero-order valence-electron chi connectivity index (χ0n) is 6.70. The number of ether oxygens (including phenoxy) is 2. The van der Waals surface area contributed by atoms with Gasteiger partial charge in [0.1, 0.15) is 12.8 Å². The van der Waals surface area contributed by atoms with Gasteiger partial charge in [-0.3, -0.25) is 0 Å². The monoisotopic (exact) mass is 178 g/mol. The Labute approximate surface area is 69.3 Å². The van der Waals surface area contributed by atoms with E-state index in [4.69, 9.17) is 5.11 Å². The molecule has 0 saturated heterocycles. The lowest BCUT2D eigenvalue weighted by atomic mass is 10.4. The van der Waals surface area contributed by atoms with Crippen LogP contribution in [0.5, 0.6) is 0 Å². The molecular formula is C7H11FO4. The minimum absolute atomic E-state index is 0.110. The summed E-state index contributed by atoms with van der Waals surface area (Å²) in [5, 5.41) is 8.73. The molecule has 3 unspecified atom stereocenters. The molecule has 1 aliphatic carbocycles. The second kappa shape index (κ2) is 3.71. The first-order chi connectivity index (χ1) is 5.66. The highest BCUT2D eigenvalue weighted by Gasteiger charge is 2.51. The topological polar surface area (TPSA) is 55.8 Å². The molecule has 0 heterocycles. The molecule has 0 spiro atoms. The molecule has 5 heteroatoms. The highest BCUT2D eigenvalue weighted by atomic mass is 19.1. The Morgan fingerprint density at radius 1 is 1.58 bits per heavy atom. The number of aliphatic hydroxyl groups is 1. The standard InChI is InChI=1S/C7H11FO4/c1-2-11-7(10)12-3-4-5(8)6(4)9/h4-6,9H,2-3H2,1H3. The third-order valence-corrected chi connectivity index (χ3v) is 1.69. The van der Waals surface area contributed by atoms with Gasteiger partial charge in [0.15, 0.2) is 0 Å². The third kappa shape index (κ3) is 2.07. The minimum atomic E-state index is -1.25. The van der Waals surface area contributed by atoms with Gasteiger partial charge in [0, 0.05) is 0 Å². The van der Waals surface area contributed by atoms with Crippen LogP contribution in [0.25, 0.3) is 0 Å². The molecule has 12 heavy (non-hydrogen) atoms. The van der Waals surface area contributed by atoms with Gasteiger partial charge in [-0.05, 0) is 6.92 Å². The molecule has 1 rings (SSSR count). The number of hydrogen-bond donors (Lipinski definition) is 1. The lowest BCUT2D eigenvalue weighted by molar-refractivity contribution is 0.0518. The first-order valence-electron chi connectivity index (χ1n) is 3.78. The molecule has 4 nitrogen and oxygen atoms in total. The van der Waals surface area contributed by atoms with Gasteiger partial charge in [-0.2, -0.15) is 0 Å². The summed E-state index contributed by atoms with van der Waals surface area (Å²) < 4.78 is 21.2. The predicted octanol–water partition coefficient (Wildman–Crippen LogP) is 0.488. The Kier molecular flexibility index (Phi) is 2.86. The van der Waals surface area contributed by atoms with Crippen LogP contribution in [-0.4, -0.2) is 36.8 Å². The summed E-state index contributed by atoms with van der Waals surface area (Å²) in [5.74, 6) is -0.561. The van der Waals surface area contributed by atoms with Crippen LogP contribution in [-0.2, 0) is 9.47 Å². The van der Waals surface area contributed by atoms with Gasteiger partial charge in [0.05, 0.1) is 18.6 Å². The van der Waals surface area contributed by atoms with Crippen LogP contribution in [0, 0.1) is 5.92 Å². The normalized spacial score (nSPS) is 32.8. The van der Waals surface area contributed by atoms with Crippen molar-refractivity contribution in [1.29, 1.82) is 0 Å². The van der Waals surface area contributed by atoms with Crippen molar-refractivity contribution in [1.82, 2.24) is 0 Å². The van der Waals surface area contributed by atoms with Gasteiger partial charge in [0.25, 0.3) is 0 Å². The largest absolute Gasteiger partial charge is 0.508 e. The van der Waals surface area contributed by atoms with Gasteiger partial charge in [-0.25, -0.2) is 9.18 Å². The van der Waals surface area contributed by atoms with Crippen molar-refractivity contribution in [3.63, 3.8) is 0 Å².